The summed E-state index contributed by atoms with van der Waals surface area (Å²) in [4.78, 5) is 0. The number of hydrogen-bond donors (Lipinski definition) is 2. The Hall–Kier alpha value is -3.63. The zero-order valence-corrected chi connectivity index (χ0v) is 14.6. The number of aromatic nitrogens is 2. The van der Waals surface area contributed by atoms with Crippen molar-refractivity contribution in [1.82, 2.24) is 10.2 Å². The van der Waals surface area contributed by atoms with Gasteiger partial charge in [-0.1, -0.05) is 0 Å². The van der Waals surface area contributed by atoms with E-state index in [0.29, 0.717) is 5.56 Å². The molecule has 0 spiro atoms. The summed E-state index contributed by atoms with van der Waals surface area (Å²) < 4.78 is 84.4. The van der Waals surface area contributed by atoms with Gasteiger partial charge in [0.1, 0.15) is 28.5 Å². The number of rotatable bonds is 3. The van der Waals surface area contributed by atoms with Crippen LogP contribution in [0.5, 0.6) is 11.5 Å². The molecule has 0 aliphatic carbocycles. The number of benzene rings is 2. The van der Waals surface area contributed by atoms with Gasteiger partial charge in [-0.3, -0.25) is 5.10 Å². The lowest BCUT2D eigenvalue weighted by molar-refractivity contribution is -0.274. The molecule has 0 saturated carbocycles. The van der Waals surface area contributed by atoms with Gasteiger partial charge in [0.15, 0.2) is 0 Å². The fraction of sp³-hybridized carbons (Fsp3) is 0.105. The zero-order valence-electron chi connectivity index (χ0n) is 14.6. The summed E-state index contributed by atoms with van der Waals surface area (Å²) in [5.74, 6) is -0.528. The minimum Gasteiger partial charge on any atom is -0.506 e. The van der Waals surface area contributed by atoms with E-state index in [1.807, 2.05) is 5.10 Å². The maximum atomic E-state index is 12.8. The average Bonchev–Trinajstić information content (AvgIpc) is 3.28. The molecule has 0 fully saturated rings. The number of hydrogen-bond acceptors (Lipinski definition) is 4. The van der Waals surface area contributed by atoms with Crippen LogP contribution in [-0.2, 0) is 6.18 Å². The molecule has 2 aromatic carbocycles. The monoisotopic (exact) mass is 428 g/mol. The lowest BCUT2D eigenvalue weighted by atomic mass is 10.1. The van der Waals surface area contributed by atoms with Crippen molar-refractivity contribution < 1.29 is 40.6 Å². The molecular formula is C19H10F6N2O3. The van der Waals surface area contributed by atoms with Crippen molar-refractivity contribution >= 4 is 11.0 Å². The Kier molecular flexibility index (Phi) is 4.40. The van der Waals surface area contributed by atoms with Crippen LogP contribution >= 0.6 is 0 Å². The number of furan rings is 1. The molecule has 0 atom stereocenters. The van der Waals surface area contributed by atoms with E-state index in [9.17, 15) is 31.4 Å². The predicted molar refractivity (Wildman–Crippen MR) is 92.6 cm³/mol. The third-order valence-corrected chi connectivity index (χ3v) is 4.20. The number of H-pyrrole nitrogens is 1. The Labute approximate surface area is 163 Å². The van der Waals surface area contributed by atoms with E-state index < -0.39 is 24.0 Å². The third-order valence-electron chi connectivity index (χ3n) is 4.20. The van der Waals surface area contributed by atoms with E-state index in [1.54, 1.807) is 0 Å². The SMILES string of the molecule is Oc1c(-c2cc(C(F)(F)F)[nH]n2)ccc2oc(-c3ccc(OC(F)(F)F)cc3)cc12. The smallest absolute Gasteiger partial charge is 0.506 e. The molecule has 2 aromatic heterocycles. The maximum Gasteiger partial charge on any atom is 0.573 e. The van der Waals surface area contributed by atoms with Crippen LogP contribution in [0.3, 0.4) is 0 Å². The Balaban J connectivity index is 1.68. The Bertz CT molecular complexity index is 1210. The standard InChI is InChI=1S/C19H10F6N2O3/c20-18(21,22)16-8-13(26-27-16)11-5-6-14-12(17(11)28)7-15(29-14)9-1-3-10(4-2-9)30-19(23,24)25/h1-8,28H,(H,26,27). The van der Waals surface area contributed by atoms with Crippen LogP contribution in [-0.4, -0.2) is 21.7 Å². The lowest BCUT2D eigenvalue weighted by Gasteiger charge is -2.08. The Morgan fingerprint density at radius 2 is 1.63 bits per heavy atom. The molecule has 2 heterocycles. The molecule has 0 bridgehead atoms. The fourth-order valence-electron chi connectivity index (χ4n) is 2.87. The Morgan fingerprint density at radius 1 is 0.933 bits per heavy atom. The van der Waals surface area contributed by atoms with Crippen LogP contribution in [0.1, 0.15) is 5.69 Å². The normalized spacial score (nSPS) is 12.5. The van der Waals surface area contributed by atoms with Crippen molar-refractivity contribution in [3.05, 3.63) is 54.2 Å². The molecule has 0 aliphatic heterocycles. The molecule has 2 N–H and O–H groups in total. The van der Waals surface area contributed by atoms with Crippen molar-refractivity contribution in [2.75, 3.05) is 0 Å². The van der Waals surface area contributed by atoms with Crippen LogP contribution < -0.4 is 4.74 Å². The van der Waals surface area contributed by atoms with Crippen molar-refractivity contribution in [1.29, 1.82) is 0 Å². The molecule has 0 saturated heterocycles. The highest BCUT2D eigenvalue weighted by Crippen LogP contribution is 2.40. The van der Waals surface area contributed by atoms with Crippen LogP contribution in [0.25, 0.3) is 33.6 Å². The van der Waals surface area contributed by atoms with Crippen molar-refractivity contribution in [2.45, 2.75) is 12.5 Å². The molecule has 156 valence electrons. The van der Waals surface area contributed by atoms with Gasteiger partial charge in [-0.2, -0.15) is 18.3 Å². The number of halogens is 6. The topological polar surface area (TPSA) is 71.3 Å². The van der Waals surface area contributed by atoms with E-state index in [2.05, 4.69) is 9.84 Å². The second kappa shape index (κ2) is 6.71. The van der Waals surface area contributed by atoms with Crippen LogP contribution in [0, 0.1) is 0 Å². The van der Waals surface area contributed by atoms with Gasteiger partial charge in [0.05, 0.1) is 11.1 Å². The molecule has 0 unspecified atom stereocenters. The first-order valence-corrected chi connectivity index (χ1v) is 8.26. The van der Waals surface area contributed by atoms with Gasteiger partial charge < -0.3 is 14.3 Å². The predicted octanol–water partition coefficient (Wildman–Crippen LogP) is 6.11. The number of phenolic OH excluding ortho intramolecular Hbond substituents is 1. The maximum absolute atomic E-state index is 12.8. The van der Waals surface area contributed by atoms with Gasteiger partial charge >= 0.3 is 12.5 Å². The summed E-state index contributed by atoms with van der Waals surface area (Å²) in [7, 11) is 0. The molecule has 0 radical (unpaired) electrons. The zero-order chi connectivity index (χ0) is 21.7. The number of fused-ring (bicyclic) bond motifs is 1. The molecule has 4 aromatic rings. The first kappa shape index (κ1) is 19.7. The highest BCUT2D eigenvalue weighted by atomic mass is 19.4. The first-order valence-electron chi connectivity index (χ1n) is 8.26. The summed E-state index contributed by atoms with van der Waals surface area (Å²) in [6, 6.07) is 9.85. The molecule has 11 heteroatoms. The third kappa shape index (κ3) is 3.78. The van der Waals surface area contributed by atoms with Crippen molar-refractivity contribution in [2.24, 2.45) is 0 Å². The summed E-state index contributed by atoms with van der Waals surface area (Å²) in [6.07, 6.45) is -9.43. The number of nitrogens with zero attached hydrogens (tertiary/aromatic N) is 1. The highest BCUT2D eigenvalue weighted by molar-refractivity contribution is 5.94. The summed E-state index contributed by atoms with van der Waals surface area (Å²) in [5.41, 5.74) is -0.492. The van der Waals surface area contributed by atoms with Crippen molar-refractivity contribution in [3.63, 3.8) is 0 Å². The Morgan fingerprint density at radius 3 is 2.23 bits per heavy atom. The van der Waals surface area contributed by atoms with E-state index in [1.165, 1.54) is 30.3 Å². The molecular weight excluding hydrogens is 418 g/mol. The van der Waals surface area contributed by atoms with Crippen LogP contribution in [0.4, 0.5) is 26.3 Å². The largest absolute Gasteiger partial charge is 0.573 e. The van der Waals surface area contributed by atoms with Crippen LogP contribution in [0.15, 0.2) is 52.9 Å². The van der Waals surface area contributed by atoms with Gasteiger partial charge in [-0.25, -0.2) is 0 Å². The number of alkyl halides is 6. The van der Waals surface area contributed by atoms with E-state index in [4.69, 9.17) is 4.42 Å². The van der Waals surface area contributed by atoms with E-state index in [0.717, 1.165) is 18.2 Å². The van der Waals surface area contributed by atoms with Gasteiger partial charge in [0.2, 0.25) is 0 Å². The molecule has 5 nitrogen and oxygen atoms in total. The first-order chi connectivity index (χ1) is 14.0. The quantitative estimate of drug-likeness (QED) is 0.386. The molecule has 4 rings (SSSR count). The fourth-order valence-corrected chi connectivity index (χ4v) is 2.87. The van der Waals surface area contributed by atoms with E-state index >= 15 is 0 Å². The second-order valence-corrected chi connectivity index (χ2v) is 6.22. The van der Waals surface area contributed by atoms with Crippen molar-refractivity contribution in [3.8, 4) is 34.1 Å². The minimum absolute atomic E-state index is 0.0514. The summed E-state index contributed by atoms with van der Waals surface area (Å²) >= 11 is 0. The van der Waals surface area contributed by atoms with Gasteiger partial charge in [0, 0.05) is 11.1 Å². The lowest BCUT2D eigenvalue weighted by Crippen LogP contribution is -2.16. The number of nitrogens with one attached hydrogen (secondary N) is 1. The summed E-state index contributed by atoms with van der Waals surface area (Å²) in [6.45, 7) is 0. The van der Waals surface area contributed by atoms with Gasteiger partial charge in [-0.15, -0.1) is 13.2 Å². The molecule has 0 aliphatic rings. The van der Waals surface area contributed by atoms with E-state index in [-0.39, 0.29) is 33.7 Å². The highest BCUT2D eigenvalue weighted by Gasteiger charge is 2.33. The average molecular weight is 428 g/mol. The number of phenols is 1. The van der Waals surface area contributed by atoms with Crippen LogP contribution in [0.2, 0.25) is 0 Å². The minimum atomic E-state index is -4.82. The summed E-state index contributed by atoms with van der Waals surface area (Å²) in [5, 5.41) is 16.2. The molecule has 0 amide bonds. The van der Waals surface area contributed by atoms with Gasteiger partial charge in [0.25, 0.3) is 0 Å². The van der Waals surface area contributed by atoms with Gasteiger partial charge in [-0.05, 0) is 48.5 Å². The molecule has 30 heavy (non-hydrogen) atoms. The second-order valence-electron chi connectivity index (χ2n) is 6.22. The number of aromatic hydroxyl groups is 1. The number of aromatic amines is 1. The number of ether oxygens (including phenoxy) is 1.